The Morgan fingerprint density at radius 1 is 0.339 bits per heavy atom. The fourth-order valence-corrected chi connectivity index (χ4v) is 10.1. The second-order valence-electron chi connectivity index (χ2n) is 17.7. The zero-order valence-electron chi connectivity index (χ0n) is 34.4. The summed E-state index contributed by atoms with van der Waals surface area (Å²) in [4.78, 5) is 0. The molecule has 2 aliphatic carbocycles. The van der Waals surface area contributed by atoms with Crippen LogP contribution in [0.5, 0.6) is 0 Å². The molecule has 0 nitrogen and oxygen atoms in total. The third-order valence-corrected chi connectivity index (χ3v) is 12.8. The molecule has 0 bridgehead atoms. The molecule has 56 heavy (non-hydrogen) atoms. The van der Waals surface area contributed by atoms with Crippen molar-refractivity contribution in [1.29, 1.82) is 0 Å². The predicted octanol–water partition coefficient (Wildman–Crippen LogP) is 15.9. The van der Waals surface area contributed by atoms with Gasteiger partial charge < -0.3 is 0 Å². The van der Waals surface area contributed by atoms with E-state index in [4.69, 9.17) is 0 Å². The van der Waals surface area contributed by atoms with Gasteiger partial charge >= 0.3 is 0 Å². The topological polar surface area (TPSA) is 0 Å². The second kappa shape index (κ2) is 12.9. The molecule has 0 saturated heterocycles. The van der Waals surface area contributed by atoms with E-state index in [-0.39, 0.29) is 16.2 Å². The quantitative estimate of drug-likeness (QED) is 0.159. The van der Waals surface area contributed by atoms with Crippen molar-refractivity contribution in [3.63, 3.8) is 0 Å². The molecule has 0 aromatic heterocycles. The normalized spacial score (nSPS) is 14.4. The highest BCUT2D eigenvalue weighted by Crippen LogP contribution is 2.53. The van der Waals surface area contributed by atoms with Crippen LogP contribution in [0.2, 0.25) is 0 Å². The van der Waals surface area contributed by atoms with Crippen molar-refractivity contribution in [2.75, 3.05) is 0 Å². The molecule has 0 saturated carbocycles. The van der Waals surface area contributed by atoms with Crippen LogP contribution in [0.3, 0.4) is 0 Å². The molecule has 0 heteroatoms. The van der Waals surface area contributed by atoms with Crippen molar-refractivity contribution in [3.8, 4) is 55.6 Å². The van der Waals surface area contributed by atoms with Crippen molar-refractivity contribution in [2.24, 2.45) is 0 Å². The van der Waals surface area contributed by atoms with E-state index in [1.807, 2.05) is 13.8 Å². The Morgan fingerprint density at radius 2 is 0.679 bits per heavy atom. The van der Waals surface area contributed by atoms with Crippen LogP contribution >= 0.6 is 0 Å². The fraction of sp³-hybridized carbons (Fsp3) is 0.214. The Hall–Kier alpha value is -5.72. The lowest BCUT2D eigenvalue weighted by Crippen LogP contribution is -2.15. The Balaban J connectivity index is 0.00000202. The minimum absolute atomic E-state index is 0.0127. The van der Waals surface area contributed by atoms with E-state index in [1.54, 1.807) is 0 Å². The van der Waals surface area contributed by atoms with Crippen LogP contribution in [0, 0.1) is 0 Å². The maximum atomic E-state index is 2.46. The summed E-state index contributed by atoms with van der Waals surface area (Å²) >= 11 is 0. The number of benzene rings is 8. The van der Waals surface area contributed by atoms with Gasteiger partial charge in [-0.3, -0.25) is 0 Å². The molecule has 10 rings (SSSR count). The van der Waals surface area contributed by atoms with Gasteiger partial charge in [0.25, 0.3) is 0 Å². The highest BCUT2D eigenvalue weighted by Gasteiger charge is 2.37. The first-order valence-electron chi connectivity index (χ1n) is 20.5. The molecule has 0 spiro atoms. The highest BCUT2D eigenvalue weighted by molar-refractivity contribution is 6.15. The van der Waals surface area contributed by atoms with Gasteiger partial charge in [0.15, 0.2) is 0 Å². The minimum Gasteiger partial charge on any atom is -0.0683 e. The summed E-state index contributed by atoms with van der Waals surface area (Å²) in [5.41, 5.74) is 20.1. The molecule has 0 heterocycles. The molecule has 0 unspecified atom stereocenters. The number of hydrogen-bond acceptors (Lipinski definition) is 0. The first-order valence-corrected chi connectivity index (χ1v) is 20.5. The van der Waals surface area contributed by atoms with Crippen LogP contribution in [0.1, 0.15) is 90.1 Å². The molecule has 0 aliphatic heterocycles. The smallest absolute Gasteiger partial charge is 0.0159 e. The standard InChI is InChI=1S/C54H46.C2H6/c1-52(2,3)51-44-17-10-8-15-42(44)50(43-16-9-11-18-45(43)51)34-22-20-33(21-23-34)35-24-27-40-41-29-26-37(32-49(41)54(6,7)48(40)30-35)36-25-28-39-38-14-12-13-19-46(38)53(4,5)47(39)31-36;1-2/h8-32H,1-7H3;1-2H3. The van der Waals surface area contributed by atoms with E-state index in [0.717, 1.165) is 0 Å². The lowest BCUT2D eigenvalue weighted by Gasteiger charge is -2.26. The number of hydrogen-bond donors (Lipinski definition) is 0. The average molecular weight is 725 g/mol. The summed E-state index contributed by atoms with van der Waals surface area (Å²) in [5, 5.41) is 5.33. The van der Waals surface area contributed by atoms with E-state index in [2.05, 4.69) is 200 Å². The number of fused-ring (bicyclic) bond motifs is 8. The fourth-order valence-electron chi connectivity index (χ4n) is 10.1. The zero-order chi connectivity index (χ0) is 39.1. The molecule has 0 fully saturated rings. The van der Waals surface area contributed by atoms with E-state index < -0.39 is 0 Å². The molecule has 2 aliphatic rings. The molecule has 0 N–H and O–H groups in total. The van der Waals surface area contributed by atoms with Gasteiger partial charge in [0, 0.05) is 10.8 Å². The Labute approximate surface area is 333 Å². The largest absolute Gasteiger partial charge is 0.0683 e. The van der Waals surface area contributed by atoms with Crippen molar-refractivity contribution in [2.45, 2.75) is 78.6 Å². The minimum atomic E-state index is -0.116. The van der Waals surface area contributed by atoms with Gasteiger partial charge in [0.1, 0.15) is 0 Å². The lowest BCUT2D eigenvalue weighted by molar-refractivity contribution is 0.601. The van der Waals surface area contributed by atoms with Gasteiger partial charge in [-0.2, -0.15) is 0 Å². The van der Waals surface area contributed by atoms with Gasteiger partial charge in [-0.25, -0.2) is 0 Å². The van der Waals surface area contributed by atoms with Gasteiger partial charge in [-0.1, -0.05) is 196 Å². The van der Waals surface area contributed by atoms with Gasteiger partial charge in [0.2, 0.25) is 0 Å². The average Bonchev–Trinajstić information content (AvgIpc) is 3.58. The van der Waals surface area contributed by atoms with Crippen LogP contribution in [0.25, 0.3) is 77.2 Å². The van der Waals surface area contributed by atoms with E-state index >= 15 is 0 Å². The Kier molecular flexibility index (Phi) is 8.30. The first-order chi connectivity index (χ1) is 26.9. The lowest BCUT2D eigenvalue weighted by atomic mass is 9.78. The molecule has 0 atom stereocenters. The van der Waals surface area contributed by atoms with E-state index in [0.29, 0.717) is 0 Å². The van der Waals surface area contributed by atoms with Crippen molar-refractivity contribution >= 4 is 21.5 Å². The van der Waals surface area contributed by atoms with Crippen LogP contribution in [0.15, 0.2) is 152 Å². The van der Waals surface area contributed by atoms with Gasteiger partial charge in [-0.05, 0) is 129 Å². The third kappa shape index (κ3) is 5.33. The van der Waals surface area contributed by atoms with Crippen molar-refractivity contribution in [1.82, 2.24) is 0 Å². The second-order valence-corrected chi connectivity index (χ2v) is 17.7. The Morgan fingerprint density at radius 3 is 1.14 bits per heavy atom. The number of rotatable bonds is 3. The van der Waals surface area contributed by atoms with Crippen molar-refractivity contribution < 1.29 is 0 Å². The molecule has 0 radical (unpaired) electrons. The van der Waals surface area contributed by atoms with E-state index in [1.165, 1.54) is 105 Å². The maximum absolute atomic E-state index is 2.46. The molecule has 8 aromatic rings. The molecule has 276 valence electrons. The molecular weight excluding hydrogens is 673 g/mol. The van der Waals surface area contributed by atoms with Gasteiger partial charge in [0.05, 0.1) is 0 Å². The van der Waals surface area contributed by atoms with Crippen LogP contribution in [-0.2, 0) is 16.2 Å². The monoisotopic (exact) mass is 724 g/mol. The molecule has 8 aromatic carbocycles. The summed E-state index contributed by atoms with van der Waals surface area (Å²) in [7, 11) is 0. The SMILES string of the molecule is CC.CC(C)(C)c1c2ccccc2c(-c2ccc(-c3ccc4c(c3)C(C)(C)c3cc(-c5ccc6c(c5)C(C)(C)c5ccccc5-6)ccc3-4)cc2)c2ccccc12. The highest BCUT2D eigenvalue weighted by atomic mass is 14.4. The van der Waals surface area contributed by atoms with Crippen LogP contribution in [0.4, 0.5) is 0 Å². The predicted molar refractivity (Wildman–Crippen MR) is 243 cm³/mol. The maximum Gasteiger partial charge on any atom is 0.0159 e. The van der Waals surface area contributed by atoms with Crippen molar-refractivity contribution in [3.05, 3.63) is 179 Å². The first kappa shape index (κ1) is 35.9. The molecule has 0 amide bonds. The third-order valence-electron chi connectivity index (χ3n) is 12.8. The van der Waals surface area contributed by atoms with E-state index in [9.17, 15) is 0 Å². The summed E-state index contributed by atoms with van der Waals surface area (Å²) in [6, 6.07) is 57.5. The van der Waals surface area contributed by atoms with Crippen LogP contribution < -0.4 is 0 Å². The summed E-state index contributed by atoms with van der Waals surface area (Å²) in [6.07, 6.45) is 0. The summed E-state index contributed by atoms with van der Waals surface area (Å²) < 4.78 is 0. The summed E-state index contributed by atoms with van der Waals surface area (Å²) in [5.74, 6) is 0. The summed E-state index contributed by atoms with van der Waals surface area (Å²) in [6.45, 7) is 20.5. The zero-order valence-corrected chi connectivity index (χ0v) is 34.4. The van der Waals surface area contributed by atoms with Crippen LogP contribution in [-0.4, -0.2) is 0 Å². The van der Waals surface area contributed by atoms with Gasteiger partial charge in [-0.15, -0.1) is 0 Å². The molecular formula is C56H52. The Bertz CT molecular complexity index is 2780.